The van der Waals surface area contributed by atoms with E-state index < -0.39 is 10.0 Å². The molecule has 0 aliphatic carbocycles. The lowest BCUT2D eigenvalue weighted by Gasteiger charge is -2.22. The maximum atomic E-state index is 12.8. The number of sulfonamides is 1. The van der Waals surface area contributed by atoms with Gasteiger partial charge in [0, 0.05) is 17.4 Å². The van der Waals surface area contributed by atoms with Crippen molar-refractivity contribution >= 4 is 37.5 Å². The van der Waals surface area contributed by atoms with Gasteiger partial charge in [0.1, 0.15) is 18.2 Å². The average Bonchev–Trinajstić information content (AvgIpc) is 2.64. The minimum Gasteiger partial charge on any atom is -0.492 e. The molecule has 152 valence electrons. The molecule has 0 aliphatic heterocycles. The second-order valence-corrected chi connectivity index (χ2v) is 8.89. The number of carbonyl (C=O) groups is 1. The van der Waals surface area contributed by atoms with Crippen molar-refractivity contribution < 1.29 is 22.3 Å². The summed E-state index contributed by atoms with van der Waals surface area (Å²) in [6.45, 7) is 0.768. The third kappa shape index (κ3) is 7.47. The number of nitrogens with zero attached hydrogens (tertiary/aromatic N) is 1. The summed E-state index contributed by atoms with van der Waals surface area (Å²) in [4.78, 5) is 11.9. The molecule has 28 heavy (non-hydrogen) atoms. The van der Waals surface area contributed by atoms with Gasteiger partial charge in [0.15, 0.2) is 0 Å². The molecule has 0 spiro atoms. The number of hydrogen-bond acceptors (Lipinski definition) is 4. The van der Waals surface area contributed by atoms with E-state index in [9.17, 15) is 17.6 Å². The Bertz CT molecular complexity index is 874. The second-order valence-electron chi connectivity index (χ2n) is 6.07. The topological polar surface area (TPSA) is 75.7 Å². The van der Waals surface area contributed by atoms with Gasteiger partial charge in [-0.2, -0.15) is 0 Å². The molecule has 0 atom stereocenters. The predicted octanol–water partition coefficient (Wildman–Crippen LogP) is 3.33. The number of rotatable bonds is 10. The predicted molar refractivity (Wildman–Crippen MR) is 110 cm³/mol. The van der Waals surface area contributed by atoms with Crippen LogP contribution in [-0.2, 0) is 14.8 Å². The molecular formula is C19H22BrFN2O4S. The third-order valence-corrected chi connectivity index (χ3v) is 5.51. The number of hydrogen-bond donors (Lipinski definition) is 1. The fourth-order valence-electron chi connectivity index (χ4n) is 2.46. The largest absolute Gasteiger partial charge is 0.492 e. The molecule has 0 fully saturated rings. The molecule has 0 radical (unpaired) electrons. The van der Waals surface area contributed by atoms with Gasteiger partial charge < -0.3 is 10.1 Å². The molecule has 2 rings (SSSR count). The smallest absolute Gasteiger partial charge is 0.232 e. The summed E-state index contributed by atoms with van der Waals surface area (Å²) >= 11 is 3.32. The van der Waals surface area contributed by atoms with Gasteiger partial charge in [-0.1, -0.05) is 15.9 Å². The van der Waals surface area contributed by atoms with Crippen LogP contribution >= 0.6 is 15.9 Å². The second kappa shape index (κ2) is 10.4. The fraction of sp³-hybridized carbons (Fsp3) is 0.316. The van der Waals surface area contributed by atoms with E-state index in [2.05, 4.69) is 21.2 Å². The molecular weight excluding hydrogens is 451 g/mol. The SMILES string of the molecule is CS(=O)(=O)N(CCCC(=O)NCCOc1ccc(F)cc1)c1ccc(Br)cc1. The molecule has 0 unspecified atom stereocenters. The summed E-state index contributed by atoms with van der Waals surface area (Å²) in [6, 6.07) is 12.6. The van der Waals surface area contributed by atoms with Crippen LogP contribution < -0.4 is 14.4 Å². The zero-order chi connectivity index (χ0) is 20.6. The average molecular weight is 473 g/mol. The zero-order valence-corrected chi connectivity index (χ0v) is 17.8. The van der Waals surface area contributed by atoms with Gasteiger partial charge in [-0.15, -0.1) is 0 Å². The number of halogens is 2. The first-order valence-corrected chi connectivity index (χ1v) is 11.3. The number of nitrogens with one attached hydrogen (secondary N) is 1. The quantitative estimate of drug-likeness (QED) is 0.538. The molecule has 0 saturated heterocycles. The molecule has 0 aliphatic rings. The molecule has 6 nitrogen and oxygen atoms in total. The summed E-state index contributed by atoms with van der Waals surface area (Å²) in [5.41, 5.74) is 0.554. The van der Waals surface area contributed by atoms with Crippen LogP contribution in [0.15, 0.2) is 53.0 Å². The Morgan fingerprint density at radius 1 is 1.14 bits per heavy atom. The molecule has 0 saturated carbocycles. The van der Waals surface area contributed by atoms with Gasteiger partial charge in [0.25, 0.3) is 0 Å². The van der Waals surface area contributed by atoms with E-state index in [4.69, 9.17) is 4.74 Å². The monoisotopic (exact) mass is 472 g/mol. The van der Waals surface area contributed by atoms with E-state index in [-0.39, 0.29) is 31.3 Å². The van der Waals surface area contributed by atoms with Gasteiger partial charge in [-0.25, -0.2) is 12.8 Å². The van der Waals surface area contributed by atoms with Crippen molar-refractivity contribution in [1.29, 1.82) is 0 Å². The van der Waals surface area contributed by atoms with Crippen LogP contribution in [0.25, 0.3) is 0 Å². The lowest BCUT2D eigenvalue weighted by atomic mass is 10.2. The highest BCUT2D eigenvalue weighted by molar-refractivity contribution is 9.10. The van der Waals surface area contributed by atoms with E-state index in [0.29, 0.717) is 24.4 Å². The molecule has 0 bridgehead atoms. The van der Waals surface area contributed by atoms with Crippen LogP contribution in [0.4, 0.5) is 10.1 Å². The standard InChI is InChI=1S/C19H22BrFN2O4S/c1-28(25,26)23(17-8-4-15(20)5-9-17)13-2-3-19(24)22-12-14-27-18-10-6-16(21)7-11-18/h4-11H,2-3,12-14H2,1H3,(H,22,24). The van der Waals surface area contributed by atoms with Crippen LogP contribution in [0.5, 0.6) is 5.75 Å². The summed E-state index contributed by atoms with van der Waals surface area (Å²) in [7, 11) is -3.44. The van der Waals surface area contributed by atoms with Gasteiger partial charge in [0.2, 0.25) is 15.9 Å². The summed E-state index contributed by atoms with van der Waals surface area (Å²) in [5.74, 6) is -0.00664. The lowest BCUT2D eigenvalue weighted by molar-refractivity contribution is -0.121. The summed E-state index contributed by atoms with van der Waals surface area (Å²) in [6.07, 6.45) is 1.72. The number of carbonyl (C=O) groups excluding carboxylic acids is 1. The Morgan fingerprint density at radius 2 is 1.79 bits per heavy atom. The van der Waals surface area contributed by atoms with Crippen LogP contribution in [-0.4, -0.2) is 40.3 Å². The van der Waals surface area contributed by atoms with Gasteiger partial charge >= 0.3 is 0 Å². The number of benzene rings is 2. The molecule has 1 N–H and O–H groups in total. The maximum Gasteiger partial charge on any atom is 0.232 e. The molecule has 0 aromatic heterocycles. The van der Waals surface area contributed by atoms with Crippen molar-refractivity contribution in [3.8, 4) is 5.75 Å². The van der Waals surface area contributed by atoms with Gasteiger partial charge in [-0.3, -0.25) is 9.10 Å². The van der Waals surface area contributed by atoms with Crippen molar-refractivity contribution in [2.24, 2.45) is 0 Å². The number of anilines is 1. The van der Waals surface area contributed by atoms with Gasteiger partial charge in [0.05, 0.1) is 18.5 Å². The minimum atomic E-state index is -3.44. The highest BCUT2D eigenvalue weighted by atomic mass is 79.9. The molecule has 2 aromatic carbocycles. The van der Waals surface area contributed by atoms with Crippen LogP contribution in [0, 0.1) is 5.82 Å². The summed E-state index contributed by atoms with van der Waals surface area (Å²) < 4.78 is 44.4. The first-order valence-electron chi connectivity index (χ1n) is 8.64. The molecule has 2 aromatic rings. The molecule has 1 amide bonds. The van der Waals surface area contributed by atoms with E-state index in [1.54, 1.807) is 24.3 Å². The van der Waals surface area contributed by atoms with E-state index in [1.165, 1.54) is 28.6 Å². The third-order valence-electron chi connectivity index (χ3n) is 3.79. The fourth-order valence-corrected chi connectivity index (χ4v) is 3.69. The Kier molecular flexibility index (Phi) is 8.25. The Labute approximate surface area is 172 Å². The van der Waals surface area contributed by atoms with Gasteiger partial charge in [-0.05, 0) is 55.0 Å². The van der Waals surface area contributed by atoms with Crippen molar-refractivity contribution in [1.82, 2.24) is 5.32 Å². The minimum absolute atomic E-state index is 0.188. The highest BCUT2D eigenvalue weighted by Gasteiger charge is 2.17. The maximum absolute atomic E-state index is 12.8. The Morgan fingerprint density at radius 3 is 2.39 bits per heavy atom. The van der Waals surface area contributed by atoms with Crippen LogP contribution in [0.2, 0.25) is 0 Å². The highest BCUT2D eigenvalue weighted by Crippen LogP contribution is 2.21. The number of amides is 1. The van der Waals surface area contributed by atoms with E-state index in [0.717, 1.165) is 10.7 Å². The number of ether oxygens (including phenoxy) is 1. The van der Waals surface area contributed by atoms with E-state index in [1.807, 2.05) is 0 Å². The van der Waals surface area contributed by atoms with Crippen molar-refractivity contribution in [2.75, 3.05) is 30.3 Å². The molecule has 9 heteroatoms. The summed E-state index contributed by atoms with van der Waals surface area (Å²) in [5, 5.41) is 2.71. The lowest BCUT2D eigenvalue weighted by Crippen LogP contribution is -2.32. The Balaban J connectivity index is 1.73. The van der Waals surface area contributed by atoms with Crippen LogP contribution in [0.3, 0.4) is 0 Å². The first-order chi connectivity index (χ1) is 13.3. The van der Waals surface area contributed by atoms with Crippen LogP contribution in [0.1, 0.15) is 12.8 Å². The first kappa shape index (κ1) is 22.2. The Hall–Kier alpha value is -2.13. The van der Waals surface area contributed by atoms with E-state index >= 15 is 0 Å². The van der Waals surface area contributed by atoms with Crippen molar-refractivity contribution in [3.63, 3.8) is 0 Å². The molecule has 0 heterocycles. The van der Waals surface area contributed by atoms with Crippen molar-refractivity contribution in [3.05, 3.63) is 58.8 Å². The zero-order valence-electron chi connectivity index (χ0n) is 15.4. The van der Waals surface area contributed by atoms with Crippen molar-refractivity contribution in [2.45, 2.75) is 12.8 Å². The normalized spacial score (nSPS) is 11.1.